The summed E-state index contributed by atoms with van der Waals surface area (Å²) in [7, 11) is 2.47. The van der Waals surface area contributed by atoms with Crippen LogP contribution in [0.1, 0.15) is 6.92 Å². The van der Waals surface area contributed by atoms with Crippen LogP contribution in [0.25, 0.3) is 0 Å². The van der Waals surface area contributed by atoms with Gasteiger partial charge in [0, 0.05) is 19.6 Å². The lowest BCUT2D eigenvalue weighted by Crippen LogP contribution is -2.43. The first kappa shape index (κ1) is 20.7. The molecule has 0 aliphatic heterocycles. The Kier molecular flexibility index (Phi) is 7.39. The first-order valence-electron chi connectivity index (χ1n) is 10.1. The first-order valence-corrected chi connectivity index (χ1v) is 11.9. The number of benzene rings is 3. The molecule has 3 heteroatoms. The van der Waals surface area contributed by atoms with E-state index < -0.39 is 7.26 Å². The largest absolute Gasteiger partial charge is 0.318 e. The highest BCUT2D eigenvalue weighted by molar-refractivity contribution is 7.96. The third-order valence-corrected chi connectivity index (χ3v) is 10.3. The van der Waals surface area contributed by atoms with E-state index in [1.807, 2.05) is 7.05 Å². The minimum atomic E-state index is -1.79. The van der Waals surface area contributed by atoms with Crippen molar-refractivity contribution in [1.29, 1.82) is 0 Å². The van der Waals surface area contributed by atoms with Crippen LogP contribution in [0.15, 0.2) is 91.0 Å². The van der Waals surface area contributed by atoms with Gasteiger partial charge in [0.05, 0.1) is 5.66 Å². The Bertz CT molecular complexity index is 724. The quantitative estimate of drug-likeness (QED) is 0.562. The molecule has 1 N–H and O–H groups in total. The van der Waals surface area contributed by atoms with Crippen LogP contribution in [0.2, 0.25) is 0 Å². The molecule has 1 unspecified atom stereocenters. The molecule has 0 bridgehead atoms. The van der Waals surface area contributed by atoms with Crippen molar-refractivity contribution in [2.24, 2.45) is 0 Å². The van der Waals surface area contributed by atoms with E-state index in [2.05, 4.69) is 115 Å². The van der Waals surface area contributed by atoms with Crippen LogP contribution in [0.5, 0.6) is 0 Å². The Labute approximate surface area is 170 Å². The summed E-state index contributed by atoms with van der Waals surface area (Å²) in [6.07, 6.45) is 0. The fourth-order valence-corrected chi connectivity index (χ4v) is 9.04. The molecule has 0 aliphatic carbocycles. The van der Waals surface area contributed by atoms with Gasteiger partial charge in [-0.3, -0.25) is 0 Å². The highest BCUT2D eigenvalue weighted by atomic mass is 31.2. The topological polar surface area (TPSA) is 15.3 Å². The highest BCUT2D eigenvalue weighted by Gasteiger charge is 2.50. The Morgan fingerprint density at radius 2 is 1.14 bits per heavy atom. The smallest absolute Gasteiger partial charge is 0.116 e. The Morgan fingerprint density at radius 1 is 0.750 bits per heavy atom. The summed E-state index contributed by atoms with van der Waals surface area (Å²) >= 11 is 0. The maximum absolute atomic E-state index is 3.27. The number of nitrogens with one attached hydrogen (secondary N) is 1. The SMILES string of the molecule is CNCCN(C)CC(C)[P+](c1ccccc1)(c1ccccc1)c1ccccc1. The van der Waals surface area contributed by atoms with Gasteiger partial charge in [0.25, 0.3) is 0 Å². The number of hydrogen-bond acceptors (Lipinski definition) is 2. The molecule has 1 atom stereocenters. The molecule has 28 heavy (non-hydrogen) atoms. The van der Waals surface area contributed by atoms with Crippen LogP contribution in [0.4, 0.5) is 0 Å². The van der Waals surface area contributed by atoms with Crippen LogP contribution in [0, 0.1) is 0 Å². The van der Waals surface area contributed by atoms with E-state index in [0.717, 1.165) is 19.6 Å². The van der Waals surface area contributed by atoms with E-state index in [-0.39, 0.29) is 0 Å². The molecule has 0 amide bonds. The van der Waals surface area contributed by atoms with E-state index >= 15 is 0 Å². The summed E-state index contributed by atoms with van der Waals surface area (Å²) in [5.41, 5.74) is 0.501. The fraction of sp³-hybridized carbons (Fsp3) is 0.280. The second-order valence-corrected chi connectivity index (χ2v) is 11.3. The molecule has 0 fully saturated rings. The molecule has 0 aromatic heterocycles. The van der Waals surface area contributed by atoms with Crippen LogP contribution in [-0.2, 0) is 0 Å². The average molecular weight is 392 g/mol. The molecule has 2 nitrogen and oxygen atoms in total. The molecule has 0 spiro atoms. The number of rotatable bonds is 9. The second-order valence-electron chi connectivity index (χ2n) is 7.44. The molecule has 0 saturated carbocycles. The van der Waals surface area contributed by atoms with Gasteiger partial charge >= 0.3 is 0 Å². The van der Waals surface area contributed by atoms with Crippen molar-refractivity contribution < 1.29 is 0 Å². The standard InChI is InChI=1S/C25H32N2P/c1-22(21-27(3)20-19-26-2)28(23-13-7-4-8-14-23,24-15-9-5-10-16-24)25-17-11-6-12-18-25/h4-18,22,26H,19-21H2,1-3H3/q+1. The lowest BCUT2D eigenvalue weighted by molar-refractivity contribution is 0.338. The van der Waals surface area contributed by atoms with Crippen molar-refractivity contribution in [2.45, 2.75) is 12.6 Å². The maximum atomic E-state index is 3.27. The van der Waals surface area contributed by atoms with Crippen molar-refractivity contribution in [3.05, 3.63) is 91.0 Å². The van der Waals surface area contributed by atoms with Crippen molar-refractivity contribution in [3.8, 4) is 0 Å². The minimum absolute atomic E-state index is 0.501. The highest BCUT2D eigenvalue weighted by Crippen LogP contribution is 2.59. The van der Waals surface area contributed by atoms with Gasteiger partial charge in [-0.15, -0.1) is 0 Å². The van der Waals surface area contributed by atoms with Crippen molar-refractivity contribution in [2.75, 3.05) is 33.7 Å². The third-order valence-electron chi connectivity index (χ3n) is 5.47. The zero-order chi connectivity index (χ0) is 19.8. The molecule has 3 aromatic carbocycles. The molecule has 0 radical (unpaired) electrons. The summed E-state index contributed by atoms with van der Waals surface area (Å²) < 4.78 is 0. The molecule has 3 rings (SSSR count). The second kappa shape index (κ2) is 9.98. The molecular weight excluding hydrogens is 359 g/mol. The molecular formula is C25H32N2P+. The Balaban J connectivity index is 2.16. The van der Waals surface area contributed by atoms with Crippen LogP contribution < -0.4 is 21.2 Å². The normalized spacial score (nSPS) is 12.9. The van der Waals surface area contributed by atoms with Crippen LogP contribution in [-0.4, -0.2) is 44.3 Å². The summed E-state index contributed by atoms with van der Waals surface area (Å²) in [5, 5.41) is 7.65. The Morgan fingerprint density at radius 3 is 1.50 bits per heavy atom. The van der Waals surface area contributed by atoms with Crippen molar-refractivity contribution in [3.63, 3.8) is 0 Å². The average Bonchev–Trinajstić information content (AvgIpc) is 2.75. The summed E-state index contributed by atoms with van der Waals surface area (Å²) in [6, 6.07) is 33.5. The van der Waals surface area contributed by atoms with E-state index in [1.54, 1.807) is 0 Å². The van der Waals surface area contributed by atoms with Gasteiger partial charge in [0.15, 0.2) is 0 Å². The minimum Gasteiger partial charge on any atom is -0.318 e. The van der Waals surface area contributed by atoms with Crippen molar-refractivity contribution in [1.82, 2.24) is 10.2 Å². The van der Waals surface area contributed by atoms with Gasteiger partial charge in [-0.25, -0.2) is 0 Å². The van der Waals surface area contributed by atoms with Crippen LogP contribution >= 0.6 is 7.26 Å². The van der Waals surface area contributed by atoms with E-state index in [1.165, 1.54) is 15.9 Å². The zero-order valence-electron chi connectivity index (χ0n) is 17.3. The first-order chi connectivity index (χ1) is 13.7. The van der Waals surface area contributed by atoms with E-state index in [0.29, 0.717) is 5.66 Å². The number of nitrogens with zero attached hydrogens (tertiary/aromatic N) is 1. The lowest BCUT2D eigenvalue weighted by Gasteiger charge is -2.35. The van der Waals surface area contributed by atoms with Gasteiger partial charge in [0.2, 0.25) is 0 Å². The summed E-state index contributed by atoms with van der Waals surface area (Å²) in [6.45, 7) is 5.57. The number of hydrogen-bond donors (Lipinski definition) is 1. The third kappa shape index (κ3) is 4.36. The predicted molar refractivity (Wildman–Crippen MR) is 126 cm³/mol. The van der Waals surface area contributed by atoms with Gasteiger partial charge < -0.3 is 10.2 Å². The molecule has 3 aromatic rings. The van der Waals surface area contributed by atoms with E-state index in [9.17, 15) is 0 Å². The molecule has 146 valence electrons. The zero-order valence-corrected chi connectivity index (χ0v) is 18.1. The Hall–Kier alpha value is -1.99. The van der Waals surface area contributed by atoms with Gasteiger partial charge in [-0.1, -0.05) is 54.6 Å². The van der Waals surface area contributed by atoms with Gasteiger partial charge in [0.1, 0.15) is 23.2 Å². The van der Waals surface area contributed by atoms with Crippen molar-refractivity contribution >= 4 is 23.2 Å². The van der Waals surface area contributed by atoms with Crippen LogP contribution in [0.3, 0.4) is 0 Å². The van der Waals surface area contributed by atoms with E-state index in [4.69, 9.17) is 0 Å². The fourth-order valence-electron chi connectivity index (χ4n) is 4.17. The number of likely N-dealkylation sites (N-methyl/N-ethyl adjacent to an activating group) is 2. The van der Waals surface area contributed by atoms with Gasteiger partial charge in [-0.2, -0.15) is 0 Å². The molecule has 0 saturated heterocycles. The van der Waals surface area contributed by atoms with Gasteiger partial charge in [-0.05, 0) is 57.4 Å². The predicted octanol–water partition coefficient (Wildman–Crippen LogP) is 3.52. The molecule has 0 aliphatic rings. The summed E-state index contributed by atoms with van der Waals surface area (Å²) in [5.74, 6) is 0. The summed E-state index contributed by atoms with van der Waals surface area (Å²) in [4.78, 5) is 2.46. The molecule has 0 heterocycles. The maximum Gasteiger partial charge on any atom is 0.116 e. The monoisotopic (exact) mass is 391 g/mol. The lowest BCUT2D eigenvalue weighted by atomic mass is 10.3.